The van der Waals surface area contributed by atoms with Crippen molar-refractivity contribution >= 4 is 11.0 Å². The Morgan fingerprint density at radius 3 is 2.18 bits per heavy atom. The number of halogens is 1. The van der Waals surface area contributed by atoms with Crippen molar-refractivity contribution in [3.05, 3.63) is 96.1 Å². The quantitative estimate of drug-likeness (QED) is 0.399. The Morgan fingerprint density at radius 2 is 1.42 bits per heavy atom. The molecule has 0 radical (unpaired) electrons. The van der Waals surface area contributed by atoms with Crippen LogP contribution in [-0.4, -0.2) is 52.1 Å². The molecule has 33 heavy (non-hydrogen) atoms. The number of benzene rings is 3. The molecule has 5 nitrogen and oxygen atoms in total. The first-order valence-corrected chi connectivity index (χ1v) is 11.6. The molecule has 0 bridgehead atoms. The highest BCUT2D eigenvalue weighted by Crippen LogP contribution is 2.19. The van der Waals surface area contributed by atoms with Gasteiger partial charge in [0, 0.05) is 32.7 Å². The summed E-state index contributed by atoms with van der Waals surface area (Å²) >= 11 is 0. The van der Waals surface area contributed by atoms with Gasteiger partial charge in [-0.15, -0.1) is 0 Å². The summed E-state index contributed by atoms with van der Waals surface area (Å²) in [4.78, 5) is 9.94. The molecule has 2 heterocycles. The van der Waals surface area contributed by atoms with Crippen molar-refractivity contribution in [3.63, 3.8) is 0 Å². The van der Waals surface area contributed by atoms with Crippen LogP contribution in [0.1, 0.15) is 11.4 Å². The number of piperazine rings is 1. The Morgan fingerprint density at radius 1 is 0.758 bits per heavy atom. The highest BCUT2D eigenvalue weighted by atomic mass is 19.1. The molecular formula is C27H29FN4O. The fourth-order valence-electron chi connectivity index (χ4n) is 4.43. The smallest absolute Gasteiger partial charge is 0.124 e. The molecule has 0 unspecified atom stereocenters. The number of aromatic nitrogens is 2. The first-order valence-electron chi connectivity index (χ1n) is 11.6. The van der Waals surface area contributed by atoms with Gasteiger partial charge in [0.15, 0.2) is 0 Å². The molecule has 170 valence electrons. The molecule has 0 atom stereocenters. The van der Waals surface area contributed by atoms with Crippen LogP contribution in [0, 0.1) is 5.82 Å². The van der Waals surface area contributed by atoms with Crippen LogP contribution in [0.25, 0.3) is 11.0 Å². The van der Waals surface area contributed by atoms with Gasteiger partial charge in [-0.25, -0.2) is 9.37 Å². The second-order valence-corrected chi connectivity index (χ2v) is 8.51. The molecule has 6 heteroatoms. The van der Waals surface area contributed by atoms with Crippen LogP contribution in [0.5, 0.6) is 5.75 Å². The zero-order chi connectivity index (χ0) is 22.5. The molecule has 1 saturated heterocycles. The van der Waals surface area contributed by atoms with E-state index in [9.17, 15) is 4.39 Å². The fraction of sp³-hybridized carbons (Fsp3) is 0.296. The van der Waals surface area contributed by atoms with Gasteiger partial charge in [0.25, 0.3) is 0 Å². The zero-order valence-electron chi connectivity index (χ0n) is 18.7. The van der Waals surface area contributed by atoms with Crippen LogP contribution in [0.15, 0.2) is 78.9 Å². The molecule has 0 N–H and O–H groups in total. The molecule has 4 aromatic rings. The van der Waals surface area contributed by atoms with E-state index in [4.69, 9.17) is 9.72 Å². The minimum atomic E-state index is -0.255. The molecule has 1 aliphatic heterocycles. The summed E-state index contributed by atoms with van der Waals surface area (Å²) in [6.07, 6.45) is 0. The summed E-state index contributed by atoms with van der Waals surface area (Å²) in [6, 6.07) is 25.1. The van der Waals surface area contributed by atoms with Gasteiger partial charge >= 0.3 is 0 Å². The Kier molecular flexibility index (Phi) is 6.65. The van der Waals surface area contributed by atoms with Crippen LogP contribution < -0.4 is 4.74 Å². The number of ether oxygens (including phenoxy) is 1. The van der Waals surface area contributed by atoms with Gasteiger partial charge in [-0.1, -0.05) is 42.5 Å². The van der Waals surface area contributed by atoms with Crippen LogP contribution in [0.3, 0.4) is 0 Å². The van der Waals surface area contributed by atoms with Crippen molar-refractivity contribution in [2.45, 2.75) is 19.6 Å². The lowest BCUT2D eigenvalue weighted by Gasteiger charge is -2.34. The third kappa shape index (κ3) is 5.41. The molecular weight excluding hydrogens is 415 g/mol. The fourth-order valence-corrected chi connectivity index (χ4v) is 4.43. The van der Waals surface area contributed by atoms with E-state index in [-0.39, 0.29) is 5.82 Å². The van der Waals surface area contributed by atoms with Crippen LogP contribution in [-0.2, 0) is 19.6 Å². The van der Waals surface area contributed by atoms with Gasteiger partial charge in [-0.3, -0.25) is 9.80 Å². The van der Waals surface area contributed by atoms with Crippen LogP contribution >= 0.6 is 0 Å². The molecule has 0 spiro atoms. The summed E-state index contributed by atoms with van der Waals surface area (Å²) < 4.78 is 21.3. The molecule has 1 fully saturated rings. The normalized spacial score (nSPS) is 15.2. The third-order valence-corrected chi connectivity index (χ3v) is 6.21. The molecule has 0 amide bonds. The number of rotatable bonds is 8. The molecule has 0 saturated carbocycles. The summed E-state index contributed by atoms with van der Waals surface area (Å²) in [7, 11) is 0. The zero-order valence-corrected chi connectivity index (χ0v) is 18.7. The largest absolute Gasteiger partial charge is 0.492 e. The lowest BCUT2D eigenvalue weighted by molar-refractivity contribution is 0.118. The predicted molar refractivity (Wildman–Crippen MR) is 129 cm³/mol. The van der Waals surface area contributed by atoms with Crippen molar-refractivity contribution in [1.29, 1.82) is 0 Å². The minimum absolute atomic E-state index is 0.255. The average molecular weight is 445 g/mol. The minimum Gasteiger partial charge on any atom is -0.492 e. The maximum absolute atomic E-state index is 13.1. The monoisotopic (exact) mass is 444 g/mol. The standard InChI is InChI=1S/C27H29FN4O/c28-23-10-12-24(13-11-23)33-19-18-32-26-9-5-4-8-25(26)29-27(32)21-31-16-14-30(15-17-31)20-22-6-2-1-3-7-22/h1-13H,14-21H2. The Hall–Kier alpha value is -3.22. The highest BCUT2D eigenvalue weighted by Gasteiger charge is 2.20. The summed E-state index contributed by atoms with van der Waals surface area (Å²) in [5.74, 6) is 1.49. The topological polar surface area (TPSA) is 33.5 Å². The van der Waals surface area contributed by atoms with E-state index < -0.39 is 0 Å². The first kappa shape index (κ1) is 21.6. The van der Waals surface area contributed by atoms with Gasteiger partial charge < -0.3 is 9.30 Å². The summed E-state index contributed by atoms with van der Waals surface area (Å²) in [5, 5.41) is 0. The van der Waals surface area contributed by atoms with E-state index in [0.29, 0.717) is 18.9 Å². The maximum atomic E-state index is 13.1. The lowest BCUT2D eigenvalue weighted by atomic mass is 10.2. The van der Waals surface area contributed by atoms with Crippen LogP contribution in [0.2, 0.25) is 0 Å². The highest BCUT2D eigenvalue weighted by molar-refractivity contribution is 5.75. The van der Waals surface area contributed by atoms with Crippen molar-refractivity contribution in [2.24, 2.45) is 0 Å². The van der Waals surface area contributed by atoms with E-state index in [1.54, 1.807) is 12.1 Å². The van der Waals surface area contributed by atoms with E-state index in [2.05, 4.69) is 56.8 Å². The number of fused-ring (bicyclic) bond motifs is 1. The second-order valence-electron chi connectivity index (χ2n) is 8.51. The van der Waals surface area contributed by atoms with Gasteiger partial charge in [0.2, 0.25) is 0 Å². The third-order valence-electron chi connectivity index (χ3n) is 6.21. The SMILES string of the molecule is Fc1ccc(OCCn2c(CN3CCN(Cc4ccccc4)CC3)nc3ccccc32)cc1. The van der Waals surface area contributed by atoms with Gasteiger partial charge in [0.05, 0.1) is 24.1 Å². The van der Waals surface area contributed by atoms with E-state index >= 15 is 0 Å². The summed E-state index contributed by atoms with van der Waals surface area (Å²) in [5.41, 5.74) is 3.50. The molecule has 0 aliphatic carbocycles. The van der Waals surface area contributed by atoms with Crippen molar-refractivity contribution in [3.8, 4) is 5.75 Å². The average Bonchev–Trinajstić information content (AvgIpc) is 3.19. The lowest BCUT2D eigenvalue weighted by Crippen LogP contribution is -2.45. The van der Waals surface area contributed by atoms with Gasteiger partial charge in [-0.05, 0) is 42.0 Å². The number of hydrogen-bond acceptors (Lipinski definition) is 4. The number of hydrogen-bond donors (Lipinski definition) is 0. The molecule has 1 aliphatic rings. The van der Waals surface area contributed by atoms with E-state index in [1.807, 2.05) is 12.1 Å². The number of para-hydroxylation sites is 2. The van der Waals surface area contributed by atoms with Crippen molar-refractivity contribution in [2.75, 3.05) is 32.8 Å². The summed E-state index contributed by atoms with van der Waals surface area (Å²) in [6.45, 7) is 7.21. The molecule has 1 aromatic heterocycles. The molecule has 3 aromatic carbocycles. The second kappa shape index (κ2) is 10.1. The van der Waals surface area contributed by atoms with E-state index in [1.165, 1.54) is 17.7 Å². The Balaban J connectivity index is 1.22. The number of nitrogens with zero attached hydrogens (tertiary/aromatic N) is 4. The van der Waals surface area contributed by atoms with Crippen molar-refractivity contribution in [1.82, 2.24) is 19.4 Å². The van der Waals surface area contributed by atoms with Gasteiger partial charge in [-0.2, -0.15) is 0 Å². The van der Waals surface area contributed by atoms with Gasteiger partial charge in [0.1, 0.15) is 24.0 Å². The number of imidazole rings is 1. The van der Waals surface area contributed by atoms with E-state index in [0.717, 1.165) is 56.1 Å². The Labute approximate surface area is 194 Å². The molecule has 5 rings (SSSR count). The maximum Gasteiger partial charge on any atom is 0.124 e. The van der Waals surface area contributed by atoms with Crippen LogP contribution in [0.4, 0.5) is 4.39 Å². The Bertz CT molecular complexity index is 1170. The predicted octanol–water partition coefficient (Wildman–Crippen LogP) is 4.57. The first-order chi connectivity index (χ1) is 16.2. The van der Waals surface area contributed by atoms with Crippen molar-refractivity contribution < 1.29 is 9.13 Å².